The predicted molar refractivity (Wildman–Crippen MR) is 163 cm³/mol. The number of anilines is 1. The van der Waals surface area contributed by atoms with Crippen molar-refractivity contribution in [2.75, 3.05) is 24.8 Å². The molecule has 0 saturated carbocycles. The number of benzene rings is 3. The second kappa shape index (κ2) is 10.8. The monoisotopic (exact) mass is 578 g/mol. The highest BCUT2D eigenvalue weighted by molar-refractivity contribution is 6.09. The van der Waals surface area contributed by atoms with Gasteiger partial charge in [0.15, 0.2) is 11.5 Å². The minimum Gasteiger partial charge on any atom is -0.508 e. The average Bonchev–Trinajstić information content (AvgIpc) is 3.65. The van der Waals surface area contributed by atoms with Gasteiger partial charge in [-0.05, 0) is 73.9 Å². The van der Waals surface area contributed by atoms with Gasteiger partial charge < -0.3 is 34.3 Å². The summed E-state index contributed by atoms with van der Waals surface area (Å²) in [4.78, 5) is 32.1. The minimum atomic E-state index is -0.137. The van der Waals surface area contributed by atoms with E-state index in [9.17, 15) is 14.7 Å². The van der Waals surface area contributed by atoms with Crippen molar-refractivity contribution >= 4 is 17.5 Å². The number of rotatable bonds is 5. The summed E-state index contributed by atoms with van der Waals surface area (Å²) < 4.78 is 13.6. The first kappa shape index (κ1) is 27.1. The maximum atomic E-state index is 14.4. The van der Waals surface area contributed by atoms with Gasteiger partial charge in [-0.15, -0.1) is 0 Å². The Hall–Kier alpha value is -4.76. The van der Waals surface area contributed by atoms with Crippen LogP contribution < -0.4 is 19.7 Å². The van der Waals surface area contributed by atoms with Gasteiger partial charge in [-0.25, -0.2) is 0 Å². The molecule has 220 valence electrons. The first-order chi connectivity index (χ1) is 20.9. The van der Waals surface area contributed by atoms with E-state index in [-0.39, 0.29) is 30.4 Å². The van der Waals surface area contributed by atoms with Crippen molar-refractivity contribution in [1.29, 1.82) is 0 Å². The summed E-state index contributed by atoms with van der Waals surface area (Å²) in [5.41, 5.74) is 6.63. The zero-order chi connectivity index (χ0) is 29.7. The summed E-state index contributed by atoms with van der Waals surface area (Å²) in [5.74, 6) is 1.06. The molecule has 9 nitrogen and oxygen atoms in total. The minimum absolute atomic E-state index is 0.0201. The van der Waals surface area contributed by atoms with Crippen molar-refractivity contribution in [3.05, 3.63) is 94.7 Å². The number of nitrogens with one attached hydrogen (secondary N) is 1. The van der Waals surface area contributed by atoms with Gasteiger partial charge in [-0.3, -0.25) is 9.59 Å². The molecule has 0 spiro atoms. The number of carbonyl (C=O) groups is 2. The zero-order valence-corrected chi connectivity index (χ0v) is 24.3. The second-order valence-electron chi connectivity index (χ2n) is 11.3. The van der Waals surface area contributed by atoms with Gasteiger partial charge in [0.1, 0.15) is 5.75 Å². The third-order valence-corrected chi connectivity index (χ3v) is 8.75. The van der Waals surface area contributed by atoms with E-state index in [0.717, 1.165) is 35.5 Å². The molecule has 0 bridgehead atoms. The fourth-order valence-corrected chi connectivity index (χ4v) is 6.50. The van der Waals surface area contributed by atoms with E-state index in [0.29, 0.717) is 54.5 Å². The van der Waals surface area contributed by atoms with Gasteiger partial charge in [-0.2, -0.15) is 0 Å². The van der Waals surface area contributed by atoms with Gasteiger partial charge >= 0.3 is 0 Å². The van der Waals surface area contributed by atoms with Crippen LogP contribution in [0.3, 0.4) is 0 Å². The zero-order valence-electron chi connectivity index (χ0n) is 24.3. The number of carbonyl (C=O) groups excluding carboxylic acids is 2. The lowest BCUT2D eigenvalue weighted by Crippen LogP contribution is -2.42. The molecular weight excluding hydrogens is 544 g/mol. The largest absolute Gasteiger partial charge is 0.508 e. The Labute approximate surface area is 250 Å². The van der Waals surface area contributed by atoms with E-state index < -0.39 is 0 Å². The predicted octanol–water partition coefficient (Wildman–Crippen LogP) is 4.95. The molecule has 2 N–H and O–H groups in total. The number of nitrogens with zero attached hydrogens (tertiary/aromatic N) is 3. The topological polar surface area (TPSA) is 96.3 Å². The Kier molecular flexibility index (Phi) is 6.82. The Bertz CT molecular complexity index is 1730. The van der Waals surface area contributed by atoms with Crippen LogP contribution in [-0.4, -0.2) is 52.3 Å². The SMILES string of the molecule is CCN(C(=O)c1cc(-c2cc3c(cc2C(=O)N2Cc4ccccc4C[C@H]2C)OCO3)n2c1CNCC2)c1ccc(O)cc1. The van der Waals surface area contributed by atoms with E-state index in [2.05, 4.69) is 28.9 Å². The van der Waals surface area contributed by atoms with E-state index in [1.165, 1.54) is 5.56 Å². The Morgan fingerprint density at radius 3 is 2.51 bits per heavy atom. The van der Waals surface area contributed by atoms with Crippen LogP contribution in [0.4, 0.5) is 5.69 Å². The van der Waals surface area contributed by atoms with Crippen LogP contribution in [-0.2, 0) is 26.1 Å². The summed E-state index contributed by atoms with van der Waals surface area (Å²) in [6.45, 7) is 7.02. The Morgan fingerprint density at radius 1 is 1.00 bits per heavy atom. The van der Waals surface area contributed by atoms with Crippen molar-refractivity contribution in [2.24, 2.45) is 0 Å². The molecular formula is C34H34N4O5. The van der Waals surface area contributed by atoms with Crippen LogP contribution in [0, 0.1) is 0 Å². The molecule has 43 heavy (non-hydrogen) atoms. The second-order valence-corrected chi connectivity index (χ2v) is 11.3. The summed E-state index contributed by atoms with van der Waals surface area (Å²) in [5, 5.41) is 13.2. The number of phenolic OH excluding ortho intramolecular Hbond substituents is 1. The van der Waals surface area contributed by atoms with Gasteiger partial charge in [0.2, 0.25) is 6.79 Å². The highest BCUT2D eigenvalue weighted by atomic mass is 16.7. The lowest BCUT2D eigenvalue weighted by Gasteiger charge is -2.35. The van der Waals surface area contributed by atoms with E-state index in [1.807, 2.05) is 36.1 Å². The molecule has 1 aromatic heterocycles. The van der Waals surface area contributed by atoms with Gasteiger partial charge in [-0.1, -0.05) is 24.3 Å². The molecule has 0 saturated heterocycles. The highest BCUT2D eigenvalue weighted by Gasteiger charge is 2.33. The van der Waals surface area contributed by atoms with Gasteiger partial charge in [0.05, 0.1) is 16.8 Å². The van der Waals surface area contributed by atoms with E-state index in [1.54, 1.807) is 35.2 Å². The van der Waals surface area contributed by atoms with Crippen LogP contribution in [0.25, 0.3) is 11.3 Å². The number of phenols is 1. The lowest BCUT2D eigenvalue weighted by atomic mass is 9.93. The Balaban J connectivity index is 1.33. The molecule has 3 aliphatic heterocycles. The molecule has 2 amide bonds. The third kappa shape index (κ3) is 4.70. The summed E-state index contributed by atoms with van der Waals surface area (Å²) in [6, 6.07) is 20.5. The van der Waals surface area contributed by atoms with Crippen molar-refractivity contribution in [3.63, 3.8) is 0 Å². The van der Waals surface area contributed by atoms with Crippen molar-refractivity contribution in [2.45, 2.75) is 45.9 Å². The average molecular weight is 579 g/mol. The number of aromatic hydroxyl groups is 1. The molecule has 3 aliphatic rings. The summed E-state index contributed by atoms with van der Waals surface area (Å²) in [7, 11) is 0. The molecule has 0 unspecified atom stereocenters. The lowest BCUT2D eigenvalue weighted by molar-refractivity contribution is 0.0658. The maximum absolute atomic E-state index is 14.4. The molecule has 3 aromatic carbocycles. The number of ether oxygens (including phenoxy) is 2. The molecule has 0 radical (unpaired) electrons. The normalized spacial score (nSPS) is 16.9. The van der Waals surface area contributed by atoms with Crippen LogP contribution in [0.1, 0.15) is 51.4 Å². The quantitative estimate of drug-likeness (QED) is 0.348. The molecule has 1 atom stereocenters. The van der Waals surface area contributed by atoms with Gasteiger partial charge in [0.25, 0.3) is 11.8 Å². The molecule has 0 fully saturated rings. The first-order valence-electron chi connectivity index (χ1n) is 14.8. The molecule has 4 heterocycles. The molecule has 7 rings (SSSR count). The van der Waals surface area contributed by atoms with Crippen LogP contribution in [0.5, 0.6) is 17.2 Å². The number of amides is 2. The van der Waals surface area contributed by atoms with Crippen molar-refractivity contribution in [3.8, 4) is 28.5 Å². The molecule has 9 heteroatoms. The maximum Gasteiger partial charge on any atom is 0.260 e. The first-order valence-corrected chi connectivity index (χ1v) is 14.8. The van der Waals surface area contributed by atoms with Crippen LogP contribution in [0.2, 0.25) is 0 Å². The fraction of sp³-hybridized carbons (Fsp3) is 0.294. The van der Waals surface area contributed by atoms with E-state index in [4.69, 9.17) is 9.47 Å². The van der Waals surface area contributed by atoms with Crippen LogP contribution in [0.15, 0.2) is 66.7 Å². The van der Waals surface area contributed by atoms with Gasteiger partial charge in [0, 0.05) is 55.7 Å². The highest BCUT2D eigenvalue weighted by Crippen LogP contribution is 2.42. The number of hydrogen-bond donors (Lipinski definition) is 2. The van der Waals surface area contributed by atoms with Crippen molar-refractivity contribution in [1.82, 2.24) is 14.8 Å². The molecule has 0 aliphatic carbocycles. The summed E-state index contributed by atoms with van der Waals surface area (Å²) >= 11 is 0. The smallest absolute Gasteiger partial charge is 0.260 e. The fourth-order valence-electron chi connectivity index (χ4n) is 6.50. The van der Waals surface area contributed by atoms with Crippen LogP contribution >= 0.6 is 0 Å². The number of aromatic nitrogens is 1. The standard InChI is InChI=1S/C34H34N4O5/c1-3-36(24-8-10-25(39)11-9-24)34(41)28-15-29(37-13-12-35-18-30(28)37)26-16-31-32(43-20-42-31)17-27(26)33(40)38-19-23-7-5-4-6-22(23)14-21(38)2/h4-11,15-17,21,35,39H,3,12-14,18-20H2,1-2H3/t21-/m1/s1. The van der Waals surface area contributed by atoms with E-state index >= 15 is 0 Å². The molecule has 4 aromatic rings. The Morgan fingerprint density at radius 2 is 1.74 bits per heavy atom. The third-order valence-electron chi connectivity index (χ3n) is 8.75. The number of hydrogen-bond acceptors (Lipinski definition) is 6. The van der Waals surface area contributed by atoms with Crippen molar-refractivity contribution < 1.29 is 24.2 Å². The summed E-state index contributed by atoms with van der Waals surface area (Å²) in [6.07, 6.45) is 0.788. The number of fused-ring (bicyclic) bond motifs is 3.